The molecular formula is C17H17FN2O2. The number of halogens is 1. The SMILES string of the molecule is CC(=O)CC(C)c1cn(C)c2nccc(-c3ccc(F)o3)c12. The third-order valence-corrected chi connectivity index (χ3v) is 3.85. The van der Waals surface area contributed by atoms with Crippen LogP contribution in [0.5, 0.6) is 0 Å². The standard InChI is InChI=1S/C17H17FN2O2/c1-10(8-11(2)21)13-9-20(3)17-16(13)12(6-7-19-17)14-4-5-15(18)22-14/h4-7,9-10H,8H2,1-3H3. The lowest BCUT2D eigenvalue weighted by Gasteiger charge is -2.09. The first-order valence-electron chi connectivity index (χ1n) is 7.16. The van der Waals surface area contributed by atoms with Crippen LogP contribution in [0.4, 0.5) is 4.39 Å². The van der Waals surface area contributed by atoms with Crippen molar-refractivity contribution in [1.82, 2.24) is 9.55 Å². The van der Waals surface area contributed by atoms with E-state index in [9.17, 15) is 9.18 Å². The van der Waals surface area contributed by atoms with Crippen molar-refractivity contribution in [2.75, 3.05) is 0 Å². The summed E-state index contributed by atoms with van der Waals surface area (Å²) in [6.45, 7) is 3.60. The van der Waals surface area contributed by atoms with Gasteiger partial charge < -0.3 is 13.8 Å². The van der Waals surface area contributed by atoms with Crippen molar-refractivity contribution in [3.8, 4) is 11.3 Å². The molecule has 0 fully saturated rings. The number of hydrogen-bond acceptors (Lipinski definition) is 3. The van der Waals surface area contributed by atoms with Crippen molar-refractivity contribution in [2.24, 2.45) is 7.05 Å². The largest absolute Gasteiger partial charge is 0.431 e. The summed E-state index contributed by atoms with van der Waals surface area (Å²) in [6, 6.07) is 4.10. The number of rotatable bonds is 4. The van der Waals surface area contributed by atoms with Gasteiger partial charge >= 0.3 is 0 Å². The van der Waals surface area contributed by atoms with Crippen molar-refractivity contribution >= 4 is 16.8 Å². The molecule has 0 amide bonds. The van der Waals surface area contributed by atoms with Gasteiger partial charge in [-0.1, -0.05) is 6.92 Å². The highest BCUT2D eigenvalue weighted by molar-refractivity contribution is 5.95. The van der Waals surface area contributed by atoms with Crippen LogP contribution in [0.2, 0.25) is 0 Å². The van der Waals surface area contributed by atoms with E-state index in [1.54, 1.807) is 19.2 Å². The number of furan rings is 1. The van der Waals surface area contributed by atoms with Gasteiger partial charge in [0, 0.05) is 42.9 Å². The van der Waals surface area contributed by atoms with Crippen LogP contribution < -0.4 is 0 Å². The molecule has 5 heteroatoms. The van der Waals surface area contributed by atoms with Gasteiger partial charge in [0.25, 0.3) is 6.01 Å². The first-order chi connectivity index (χ1) is 10.5. The van der Waals surface area contributed by atoms with E-state index >= 15 is 0 Å². The first kappa shape index (κ1) is 14.5. The van der Waals surface area contributed by atoms with Crippen LogP contribution in [0.25, 0.3) is 22.4 Å². The van der Waals surface area contributed by atoms with Crippen LogP contribution >= 0.6 is 0 Å². The fourth-order valence-corrected chi connectivity index (χ4v) is 2.92. The average molecular weight is 300 g/mol. The lowest BCUT2D eigenvalue weighted by Crippen LogP contribution is -2.00. The molecule has 0 aliphatic carbocycles. The summed E-state index contributed by atoms with van der Waals surface area (Å²) >= 11 is 0. The second kappa shape index (κ2) is 5.40. The first-order valence-corrected chi connectivity index (χ1v) is 7.16. The van der Waals surface area contributed by atoms with Crippen molar-refractivity contribution in [1.29, 1.82) is 0 Å². The Morgan fingerprint density at radius 3 is 2.82 bits per heavy atom. The number of Topliss-reactive ketones (excluding diaryl/α,β-unsaturated/α-hetero) is 1. The molecule has 114 valence electrons. The molecule has 1 unspecified atom stereocenters. The van der Waals surface area contributed by atoms with Gasteiger partial charge in [-0.2, -0.15) is 4.39 Å². The molecule has 0 spiro atoms. The highest BCUT2D eigenvalue weighted by atomic mass is 19.1. The Morgan fingerprint density at radius 2 is 2.18 bits per heavy atom. The van der Waals surface area contributed by atoms with Crippen molar-refractivity contribution in [2.45, 2.75) is 26.2 Å². The van der Waals surface area contributed by atoms with Gasteiger partial charge in [0.05, 0.1) is 0 Å². The van der Waals surface area contributed by atoms with E-state index < -0.39 is 6.01 Å². The number of aryl methyl sites for hydroxylation is 1. The monoisotopic (exact) mass is 300 g/mol. The molecule has 1 atom stereocenters. The molecule has 0 saturated heterocycles. The van der Waals surface area contributed by atoms with Gasteiger partial charge in [-0.3, -0.25) is 0 Å². The molecule has 0 saturated carbocycles. The van der Waals surface area contributed by atoms with Crippen LogP contribution in [0.15, 0.2) is 35.0 Å². The topological polar surface area (TPSA) is 48.0 Å². The highest BCUT2D eigenvalue weighted by Crippen LogP contribution is 2.36. The van der Waals surface area contributed by atoms with E-state index in [1.165, 1.54) is 6.07 Å². The van der Waals surface area contributed by atoms with Gasteiger partial charge in [0.2, 0.25) is 0 Å². The van der Waals surface area contributed by atoms with E-state index in [4.69, 9.17) is 4.42 Å². The maximum atomic E-state index is 13.2. The number of aromatic nitrogens is 2. The third-order valence-electron chi connectivity index (χ3n) is 3.85. The quantitative estimate of drug-likeness (QED) is 0.730. The van der Waals surface area contributed by atoms with E-state index in [0.29, 0.717) is 12.2 Å². The molecule has 22 heavy (non-hydrogen) atoms. The van der Waals surface area contributed by atoms with Crippen molar-refractivity contribution in [3.63, 3.8) is 0 Å². The normalized spacial score (nSPS) is 12.7. The molecule has 3 aromatic rings. The molecule has 0 bridgehead atoms. The minimum atomic E-state index is -0.616. The van der Waals surface area contributed by atoms with Crippen LogP contribution in [-0.4, -0.2) is 15.3 Å². The zero-order valence-electron chi connectivity index (χ0n) is 12.8. The molecular weight excluding hydrogens is 283 g/mol. The molecule has 0 aliphatic rings. The average Bonchev–Trinajstić information content (AvgIpc) is 3.02. The summed E-state index contributed by atoms with van der Waals surface area (Å²) in [5, 5.41) is 0.910. The summed E-state index contributed by atoms with van der Waals surface area (Å²) in [6.07, 6.45) is 4.12. The summed E-state index contributed by atoms with van der Waals surface area (Å²) in [5.41, 5.74) is 2.60. The lowest BCUT2D eigenvalue weighted by molar-refractivity contribution is -0.117. The number of pyridine rings is 1. The van der Waals surface area contributed by atoms with E-state index in [0.717, 1.165) is 22.2 Å². The van der Waals surface area contributed by atoms with Gasteiger partial charge in [0.1, 0.15) is 17.2 Å². The van der Waals surface area contributed by atoms with Crippen molar-refractivity contribution in [3.05, 3.63) is 42.2 Å². The smallest absolute Gasteiger partial charge is 0.278 e. The molecule has 0 aromatic carbocycles. The zero-order chi connectivity index (χ0) is 15.9. The Labute approximate surface area is 127 Å². The zero-order valence-corrected chi connectivity index (χ0v) is 12.8. The van der Waals surface area contributed by atoms with Crippen LogP contribution in [0, 0.1) is 6.01 Å². The number of carbonyl (C=O) groups is 1. The van der Waals surface area contributed by atoms with Crippen LogP contribution in [0.1, 0.15) is 31.7 Å². The Morgan fingerprint density at radius 1 is 1.41 bits per heavy atom. The second-order valence-electron chi connectivity index (χ2n) is 5.66. The highest BCUT2D eigenvalue weighted by Gasteiger charge is 2.20. The fraction of sp³-hybridized carbons (Fsp3) is 0.294. The molecule has 0 N–H and O–H groups in total. The summed E-state index contributed by atoms with van der Waals surface area (Å²) in [5.74, 6) is 0.662. The third kappa shape index (κ3) is 2.43. The lowest BCUT2D eigenvalue weighted by atomic mass is 9.94. The van der Waals surface area contributed by atoms with Crippen LogP contribution in [0.3, 0.4) is 0 Å². The Kier molecular flexibility index (Phi) is 3.56. The molecule has 3 rings (SSSR count). The number of hydrogen-bond donors (Lipinski definition) is 0. The van der Waals surface area contributed by atoms with Gasteiger partial charge in [-0.15, -0.1) is 0 Å². The number of fused-ring (bicyclic) bond motifs is 1. The van der Waals surface area contributed by atoms with E-state index in [1.807, 2.05) is 30.8 Å². The summed E-state index contributed by atoms with van der Waals surface area (Å²) < 4.78 is 20.3. The van der Waals surface area contributed by atoms with Crippen LogP contribution in [-0.2, 0) is 11.8 Å². The molecule has 0 aliphatic heterocycles. The summed E-state index contributed by atoms with van der Waals surface area (Å²) in [4.78, 5) is 15.8. The Hall–Kier alpha value is -2.43. The molecule has 4 nitrogen and oxygen atoms in total. The second-order valence-corrected chi connectivity index (χ2v) is 5.66. The Bertz CT molecular complexity index is 848. The molecule has 3 heterocycles. The minimum Gasteiger partial charge on any atom is -0.431 e. The van der Waals surface area contributed by atoms with E-state index in [2.05, 4.69) is 4.98 Å². The predicted molar refractivity (Wildman–Crippen MR) is 82.1 cm³/mol. The fourth-order valence-electron chi connectivity index (χ4n) is 2.92. The van der Waals surface area contributed by atoms with E-state index in [-0.39, 0.29) is 11.7 Å². The number of nitrogens with zero attached hydrogens (tertiary/aromatic N) is 2. The molecule has 0 radical (unpaired) electrons. The maximum absolute atomic E-state index is 13.2. The predicted octanol–water partition coefficient (Wildman–Crippen LogP) is 4.06. The maximum Gasteiger partial charge on any atom is 0.278 e. The summed E-state index contributed by atoms with van der Waals surface area (Å²) in [7, 11) is 1.91. The van der Waals surface area contributed by atoms with Gasteiger partial charge in [0.15, 0.2) is 0 Å². The Balaban J connectivity index is 2.23. The molecule has 3 aromatic heterocycles. The van der Waals surface area contributed by atoms with Gasteiger partial charge in [-0.25, -0.2) is 4.98 Å². The minimum absolute atomic E-state index is 0.0592. The number of ketones is 1. The van der Waals surface area contributed by atoms with Gasteiger partial charge in [-0.05, 0) is 30.5 Å². The number of carbonyl (C=O) groups excluding carboxylic acids is 1. The van der Waals surface area contributed by atoms with Crippen molar-refractivity contribution < 1.29 is 13.6 Å².